The zero-order chi connectivity index (χ0) is 16.8. The Kier molecular flexibility index (Phi) is 5.37. The smallest absolute Gasteiger partial charge is 0.304 e. The summed E-state index contributed by atoms with van der Waals surface area (Å²) in [5.74, 6) is -1.77. The van der Waals surface area contributed by atoms with Crippen molar-refractivity contribution < 1.29 is 9.90 Å². The maximum absolute atomic E-state index is 11.3. The topological polar surface area (TPSA) is 64.3 Å². The predicted molar refractivity (Wildman–Crippen MR) is 90.6 cm³/mol. The number of nitrogens with zero attached hydrogens (tertiary/aromatic N) is 2. The minimum absolute atomic E-state index is 0.0750. The summed E-state index contributed by atoms with van der Waals surface area (Å²) in [5, 5.41) is 18.9. The first-order chi connectivity index (χ1) is 11.0. The van der Waals surface area contributed by atoms with Gasteiger partial charge in [0, 0.05) is 25.7 Å². The number of rotatable bonds is 6. The zero-order valence-corrected chi connectivity index (χ0v) is 13.3. The fourth-order valence-electron chi connectivity index (χ4n) is 2.69. The third-order valence-electron chi connectivity index (χ3n) is 3.93. The number of carboxylic acids is 1. The highest BCUT2D eigenvalue weighted by Gasteiger charge is 2.27. The Bertz CT molecular complexity index is 688. The molecule has 2 unspecified atom stereocenters. The number of carboxylic acid groups (broad SMARTS) is 1. The van der Waals surface area contributed by atoms with Gasteiger partial charge in [-0.3, -0.25) is 4.79 Å². The number of anilines is 1. The minimum Gasteiger partial charge on any atom is -0.481 e. The standard InChI is InChI=1S/C19H20N2O2/c1-21(2)16-10-8-15(9-11-16)17(12-19(22)23)18(13-20)14-6-4-3-5-7-14/h3-11,17-18H,12H2,1-2H3,(H,22,23). The monoisotopic (exact) mass is 308 g/mol. The maximum atomic E-state index is 11.3. The Balaban J connectivity index is 2.39. The molecule has 0 bridgehead atoms. The van der Waals surface area contributed by atoms with Gasteiger partial charge >= 0.3 is 5.97 Å². The van der Waals surface area contributed by atoms with Crippen LogP contribution in [-0.4, -0.2) is 25.2 Å². The lowest BCUT2D eigenvalue weighted by atomic mass is 9.80. The summed E-state index contributed by atoms with van der Waals surface area (Å²) in [7, 11) is 3.90. The number of aliphatic carboxylic acids is 1. The molecule has 0 heterocycles. The van der Waals surface area contributed by atoms with Crippen LogP contribution >= 0.6 is 0 Å². The van der Waals surface area contributed by atoms with Crippen molar-refractivity contribution in [3.63, 3.8) is 0 Å². The Morgan fingerprint density at radius 1 is 1.09 bits per heavy atom. The first-order valence-electron chi connectivity index (χ1n) is 7.46. The molecule has 0 spiro atoms. The summed E-state index contributed by atoms with van der Waals surface area (Å²) in [5.41, 5.74) is 2.75. The second-order valence-corrected chi connectivity index (χ2v) is 5.71. The van der Waals surface area contributed by atoms with Crippen LogP contribution in [0, 0.1) is 11.3 Å². The molecule has 0 saturated carbocycles. The van der Waals surface area contributed by atoms with Gasteiger partial charge in [-0.25, -0.2) is 0 Å². The lowest BCUT2D eigenvalue weighted by Crippen LogP contribution is -2.15. The molecule has 2 rings (SSSR count). The lowest BCUT2D eigenvalue weighted by Gasteiger charge is -2.22. The molecule has 0 fully saturated rings. The number of nitriles is 1. The van der Waals surface area contributed by atoms with E-state index in [1.165, 1.54) is 0 Å². The predicted octanol–water partition coefficient (Wildman–Crippen LogP) is 3.62. The Morgan fingerprint density at radius 2 is 1.70 bits per heavy atom. The molecule has 4 heteroatoms. The van der Waals surface area contributed by atoms with E-state index in [0.717, 1.165) is 16.8 Å². The molecule has 0 radical (unpaired) electrons. The van der Waals surface area contributed by atoms with Crippen LogP contribution in [-0.2, 0) is 4.79 Å². The molecule has 2 aromatic carbocycles. The van der Waals surface area contributed by atoms with Crippen LogP contribution in [0.5, 0.6) is 0 Å². The van der Waals surface area contributed by atoms with E-state index >= 15 is 0 Å². The summed E-state index contributed by atoms with van der Waals surface area (Å²) < 4.78 is 0. The van der Waals surface area contributed by atoms with Gasteiger partial charge in [0.15, 0.2) is 0 Å². The summed E-state index contributed by atoms with van der Waals surface area (Å²) >= 11 is 0. The molecule has 0 amide bonds. The van der Waals surface area contributed by atoms with Gasteiger partial charge < -0.3 is 10.0 Å². The number of hydrogen-bond acceptors (Lipinski definition) is 3. The van der Waals surface area contributed by atoms with Gasteiger partial charge in [-0.2, -0.15) is 5.26 Å². The molecule has 0 saturated heterocycles. The SMILES string of the molecule is CN(C)c1ccc(C(CC(=O)O)C(C#N)c2ccccc2)cc1. The molecule has 0 aliphatic rings. The van der Waals surface area contributed by atoms with Gasteiger partial charge in [-0.1, -0.05) is 42.5 Å². The third-order valence-corrected chi connectivity index (χ3v) is 3.93. The van der Waals surface area contributed by atoms with E-state index in [9.17, 15) is 15.2 Å². The van der Waals surface area contributed by atoms with Crippen LogP contribution in [0.2, 0.25) is 0 Å². The highest BCUT2D eigenvalue weighted by molar-refractivity contribution is 5.68. The molecule has 4 nitrogen and oxygen atoms in total. The van der Waals surface area contributed by atoms with Crippen molar-refractivity contribution in [2.24, 2.45) is 0 Å². The maximum Gasteiger partial charge on any atom is 0.304 e. The van der Waals surface area contributed by atoms with Crippen LogP contribution in [0.3, 0.4) is 0 Å². The lowest BCUT2D eigenvalue weighted by molar-refractivity contribution is -0.137. The highest BCUT2D eigenvalue weighted by Crippen LogP contribution is 2.36. The molecular formula is C19H20N2O2. The second-order valence-electron chi connectivity index (χ2n) is 5.71. The van der Waals surface area contributed by atoms with Crippen LogP contribution in [0.25, 0.3) is 0 Å². The highest BCUT2D eigenvalue weighted by atomic mass is 16.4. The summed E-state index contributed by atoms with van der Waals surface area (Å²) in [4.78, 5) is 13.3. The first-order valence-corrected chi connectivity index (χ1v) is 7.46. The van der Waals surface area contributed by atoms with E-state index < -0.39 is 11.9 Å². The molecule has 0 aromatic heterocycles. The van der Waals surface area contributed by atoms with E-state index in [1.54, 1.807) is 0 Å². The largest absolute Gasteiger partial charge is 0.481 e. The van der Waals surface area contributed by atoms with E-state index in [2.05, 4.69) is 6.07 Å². The van der Waals surface area contributed by atoms with Crippen molar-refractivity contribution in [1.82, 2.24) is 0 Å². The minimum atomic E-state index is -0.900. The van der Waals surface area contributed by atoms with Crippen molar-refractivity contribution in [2.45, 2.75) is 18.3 Å². The molecule has 2 aromatic rings. The van der Waals surface area contributed by atoms with E-state index in [4.69, 9.17) is 0 Å². The van der Waals surface area contributed by atoms with E-state index in [0.29, 0.717) is 0 Å². The van der Waals surface area contributed by atoms with E-state index in [1.807, 2.05) is 73.6 Å². The van der Waals surface area contributed by atoms with Crippen molar-refractivity contribution in [2.75, 3.05) is 19.0 Å². The molecule has 118 valence electrons. The Morgan fingerprint density at radius 3 is 2.17 bits per heavy atom. The van der Waals surface area contributed by atoms with Gasteiger partial charge in [-0.05, 0) is 23.3 Å². The molecule has 23 heavy (non-hydrogen) atoms. The van der Waals surface area contributed by atoms with Crippen molar-refractivity contribution >= 4 is 11.7 Å². The molecule has 0 aliphatic heterocycles. The molecule has 2 atom stereocenters. The number of benzene rings is 2. The van der Waals surface area contributed by atoms with Crippen LogP contribution in [0.1, 0.15) is 29.4 Å². The quantitative estimate of drug-likeness (QED) is 0.885. The van der Waals surface area contributed by atoms with Crippen LogP contribution < -0.4 is 4.90 Å². The van der Waals surface area contributed by atoms with Crippen LogP contribution in [0.15, 0.2) is 54.6 Å². The van der Waals surface area contributed by atoms with E-state index in [-0.39, 0.29) is 12.3 Å². The van der Waals surface area contributed by atoms with Crippen molar-refractivity contribution in [3.8, 4) is 6.07 Å². The van der Waals surface area contributed by atoms with Gasteiger partial charge in [-0.15, -0.1) is 0 Å². The molecule has 0 aliphatic carbocycles. The fourth-order valence-corrected chi connectivity index (χ4v) is 2.69. The summed E-state index contributed by atoms with van der Waals surface area (Å²) in [6.07, 6.45) is -0.0750. The molecular weight excluding hydrogens is 288 g/mol. The van der Waals surface area contributed by atoms with Crippen molar-refractivity contribution in [1.29, 1.82) is 5.26 Å². The zero-order valence-electron chi connectivity index (χ0n) is 13.3. The summed E-state index contributed by atoms with van der Waals surface area (Å²) in [6.45, 7) is 0. The molecule has 1 N–H and O–H groups in total. The Hall–Kier alpha value is -2.80. The third kappa shape index (κ3) is 4.10. The van der Waals surface area contributed by atoms with Gasteiger partial charge in [0.25, 0.3) is 0 Å². The fraction of sp³-hybridized carbons (Fsp3) is 0.263. The number of carbonyl (C=O) groups is 1. The summed E-state index contributed by atoms with van der Waals surface area (Å²) in [6, 6.07) is 19.4. The van der Waals surface area contributed by atoms with Gasteiger partial charge in [0.05, 0.1) is 18.4 Å². The average Bonchev–Trinajstić information content (AvgIpc) is 2.55. The Labute approximate surface area is 136 Å². The second kappa shape index (κ2) is 7.46. The normalized spacial score (nSPS) is 12.9. The van der Waals surface area contributed by atoms with Gasteiger partial charge in [0.1, 0.15) is 0 Å². The van der Waals surface area contributed by atoms with Crippen LogP contribution in [0.4, 0.5) is 5.69 Å². The van der Waals surface area contributed by atoms with Crippen molar-refractivity contribution in [3.05, 3.63) is 65.7 Å². The number of hydrogen-bond donors (Lipinski definition) is 1. The van der Waals surface area contributed by atoms with Gasteiger partial charge in [0.2, 0.25) is 0 Å². The first kappa shape index (κ1) is 16.6. The average molecular weight is 308 g/mol.